The van der Waals surface area contributed by atoms with Crippen LogP contribution in [0.5, 0.6) is 17.2 Å². The number of benzene rings is 2. The van der Waals surface area contributed by atoms with Gasteiger partial charge in [-0.3, -0.25) is 0 Å². The molecule has 0 aromatic heterocycles. The largest absolute Gasteiger partial charge is 0.494 e. The predicted octanol–water partition coefficient (Wildman–Crippen LogP) is 4.50. The van der Waals surface area contributed by atoms with Crippen LogP contribution in [0.25, 0.3) is 0 Å². The van der Waals surface area contributed by atoms with Crippen LogP contribution in [0, 0.1) is 11.8 Å². The van der Waals surface area contributed by atoms with E-state index in [2.05, 4.69) is 11.8 Å². The van der Waals surface area contributed by atoms with Gasteiger partial charge in [0.05, 0.1) is 13.2 Å². The molecule has 6 nitrogen and oxygen atoms in total. The van der Waals surface area contributed by atoms with Crippen molar-refractivity contribution in [3.05, 3.63) is 65.7 Å². The average molecular weight is 439 g/mol. The molecule has 1 N–H and O–H groups in total. The summed E-state index contributed by atoms with van der Waals surface area (Å²) in [7, 11) is 0. The minimum Gasteiger partial charge on any atom is -0.494 e. The summed E-state index contributed by atoms with van der Waals surface area (Å²) in [6.07, 6.45) is 3.04. The van der Waals surface area contributed by atoms with Crippen LogP contribution in [0.2, 0.25) is 0 Å². The van der Waals surface area contributed by atoms with E-state index >= 15 is 0 Å². The van der Waals surface area contributed by atoms with Crippen molar-refractivity contribution in [3.8, 4) is 29.1 Å². The molecular formula is C26H30O6. The van der Waals surface area contributed by atoms with Crippen molar-refractivity contribution >= 4 is 5.97 Å². The van der Waals surface area contributed by atoms with E-state index in [0.29, 0.717) is 38.6 Å². The Morgan fingerprint density at radius 1 is 0.938 bits per heavy atom. The van der Waals surface area contributed by atoms with Crippen molar-refractivity contribution in [1.29, 1.82) is 0 Å². The lowest BCUT2D eigenvalue weighted by Gasteiger charge is -2.12. The Labute approximate surface area is 189 Å². The van der Waals surface area contributed by atoms with E-state index in [1.54, 1.807) is 13.0 Å². The van der Waals surface area contributed by atoms with Crippen LogP contribution in [-0.4, -0.2) is 43.6 Å². The van der Waals surface area contributed by atoms with Crippen molar-refractivity contribution in [2.75, 3.05) is 26.4 Å². The third-order valence-corrected chi connectivity index (χ3v) is 4.25. The fourth-order valence-corrected chi connectivity index (χ4v) is 2.87. The number of carboxylic acid groups (broad SMARTS) is 1. The number of carboxylic acids is 1. The zero-order valence-corrected chi connectivity index (χ0v) is 18.8. The van der Waals surface area contributed by atoms with E-state index in [4.69, 9.17) is 18.9 Å². The molecule has 0 amide bonds. The number of allylic oxidation sites excluding steroid dienone is 1. The first-order chi connectivity index (χ1) is 15.5. The van der Waals surface area contributed by atoms with Crippen LogP contribution < -0.4 is 14.2 Å². The van der Waals surface area contributed by atoms with Crippen LogP contribution in [0.1, 0.15) is 31.9 Å². The van der Waals surface area contributed by atoms with Crippen molar-refractivity contribution in [2.45, 2.75) is 33.3 Å². The molecule has 0 radical (unpaired) electrons. The van der Waals surface area contributed by atoms with Crippen LogP contribution in [0.15, 0.2) is 54.6 Å². The number of hydrogen-bond acceptors (Lipinski definition) is 5. The minimum absolute atomic E-state index is 0.314. The number of carbonyl (C=O) groups is 1. The van der Waals surface area contributed by atoms with Crippen molar-refractivity contribution in [2.24, 2.45) is 0 Å². The summed E-state index contributed by atoms with van der Waals surface area (Å²) in [5.74, 6) is 7.26. The van der Waals surface area contributed by atoms with E-state index in [1.807, 2.05) is 62.4 Å². The lowest BCUT2D eigenvalue weighted by atomic mass is 10.1. The maximum atomic E-state index is 11.2. The van der Waals surface area contributed by atoms with E-state index in [1.165, 1.54) is 0 Å². The maximum Gasteiger partial charge on any atom is 0.333 e. The quantitative estimate of drug-likeness (QED) is 0.492. The molecule has 2 aromatic rings. The highest BCUT2D eigenvalue weighted by Gasteiger charge is 2.17. The van der Waals surface area contributed by atoms with Gasteiger partial charge >= 0.3 is 5.97 Å². The maximum absolute atomic E-state index is 11.2. The molecule has 0 bridgehead atoms. The van der Waals surface area contributed by atoms with E-state index in [9.17, 15) is 9.90 Å². The van der Waals surface area contributed by atoms with Crippen LogP contribution >= 0.6 is 0 Å². The van der Waals surface area contributed by atoms with Crippen LogP contribution in [0.3, 0.4) is 0 Å². The van der Waals surface area contributed by atoms with Gasteiger partial charge in [-0.1, -0.05) is 24.0 Å². The molecule has 0 heterocycles. The molecule has 0 spiro atoms. The van der Waals surface area contributed by atoms with Gasteiger partial charge in [0.2, 0.25) is 0 Å². The topological polar surface area (TPSA) is 74.2 Å². The van der Waals surface area contributed by atoms with Crippen molar-refractivity contribution in [3.63, 3.8) is 0 Å². The van der Waals surface area contributed by atoms with Gasteiger partial charge in [0, 0.05) is 24.7 Å². The van der Waals surface area contributed by atoms with Gasteiger partial charge in [0.1, 0.15) is 23.9 Å². The molecule has 0 aliphatic heterocycles. The Morgan fingerprint density at radius 2 is 1.59 bits per heavy atom. The molecule has 0 unspecified atom stereocenters. The second-order valence-electron chi connectivity index (χ2n) is 6.67. The molecule has 170 valence electrons. The Morgan fingerprint density at radius 3 is 2.16 bits per heavy atom. The molecule has 0 saturated carbocycles. The summed E-state index contributed by atoms with van der Waals surface area (Å²) in [5, 5.41) is 9.17. The first-order valence-corrected chi connectivity index (χ1v) is 10.7. The van der Waals surface area contributed by atoms with Gasteiger partial charge < -0.3 is 24.1 Å². The fraction of sp³-hybridized carbons (Fsp3) is 0.346. The third-order valence-electron chi connectivity index (χ3n) is 4.25. The van der Waals surface area contributed by atoms with Crippen LogP contribution in [-0.2, 0) is 16.0 Å². The Bertz CT molecular complexity index is 913. The second kappa shape index (κ2) is 13.8. The van der Waals surface area contributed by atoms with E-state index < -0.39 is 12.1 Å². The van der Waals surface area contributed by atoms with E-state index in [-0.39, 0.29) is 0 Å². The zero-order valence-electron chi connectivity index (χ0n) is 18.8. The van der Waals surface area contributed by atoms with Crippen LogP contribution in [0.4, 0.5) is 0 Å². The Kier molecular flexibility index (Phi) is 10.7. The van der Waals surface area contributed by atoms with Gasteiger partial charge in [-0.15, -0.1) is 0 Å². The summed E-state index contributed by atoms with van der Waals surface area (Å²) in [6, 6.07) is 12.9. The summed E-state index contributed by atoms with van der Waals surface area (Å²) in [6.45, 7) is 7.53. The van der Waals surface area contributed by atoms with Gasteiger partial charge in [-0.2, -0.15) is 0 Å². The molecule has 2 rings (SSSR count). The van der Waals surface area contributed by atoms with Crippen molar-refractivity contribution < 1.29 is 28.8 Å². The normalized spacial score (nSPS) is 11.5. The molecule has 32 heavy (non-hydrogen) atoms. The third kappa shape index (κ3) is 8.75. The minimum atomic E-state index is -0.961. The predicted molar refractivity (Wildman–Crippen MR) is 123 cm³/mol. The second-order valence-corrected chi connectivity index (χ2v) is 6.67. The number of hydrogen-bond donors (Lipinski definition) is 1. The first kappa shape index (κ1) is 24.8. The highest BCUT2D eigenvalue weighted by atomic mass is 16.5. The molecule has 6 heteroatoms. The lowest BCUT2D eigenvalue weighted by Crippen LogP contribution is -2.26. The standard InChI is InChI=1S/C26H30O6/c1-4-29-23-16-21(17-24(19-23)30-5-2)10-8-7-9-15-32-22-13-11-20(12-14-22)18-25(26(27)28)31-6-3/h7,9,11-14,16-17,19,25H,4-6,15,18H2,1-3H3,(H,27,28)/b9-7-/t25-/m0/s1. The zero-order chi connectivity index (χ0) is 23.2. The summed E-state index contributed by atoms with van der Waals surface area (Å²) < 4.78 is 22.0. The average Bonchev–Trinajstić information content (AvgIpc) is 2.77. The fourth-order valence-electron chi connectivity index (χ4n) is 2.87. The number of rotatable bonds is 12. The Balaban J connectivity index is 1.87. The van der Waals surface area contributed by atoms with E-state index in [0.717, 1.165) is 22.6 Å². The van der Waals surface area contributed by atoms with Gasteiger partial charge in [0.15, 0.2) is 6.10 Å². The number of aliphatic carboxylic acids is 1. The van der Waals surface area contributed by atoms with Gasteiger partial charge in [-0.05, 0) is 62.8 Å². The van der Waals surface area contributed by atoms with Crippen molar-refractivity contribution in [1.82, 2.24) is 0 Å². The molecule has 0 aliphatic rings. The SMILES string of the molecule is CCOc1cc(C#C/C=C\COc2ccc(C[C@H](OCC)C(=O)O)cc2)cc(OCC)c1. The molecule has 0 fully saturated rings. The van der Waals surface area contributed by atoms with Gasteiger partial charge in [-0.25, -0.2) is 4.79 Å². The monoisotopic (exact) mass is 438 g/mol. The number of ether oxygens (including phenoxy) is 4. The summed E-state index contributed by atoms with van der Waals surface area (Å²) in [5.41, 5.74) is 1.69. The Hall–Kier alpha value is -3.43. The smallest absolute Gasteiger partial charge is 0.333 e. The summed E-state index contributed by atoms with van der Waals surface area (Å²) in [4.78, 5) is 11.2. The summed E-state index contributed by atoms with van der Waals surface area (Å²) >= 11 is 0. The van der Waals surface area contributed by atoms with Gasteiger partial charge in [0.25, 0.3) is 0 Å². The molecule has 0 aliphatic carbocycles. The first-order valence-electron chi connectivity index (χ1n) is 10.7. The molecule has 2 aromatic carbocycles. The molecule has 0 saturated heterocycles. The highest BCUT2D eigenvalue weighted by Crippen LogP contribution is 2.22. The highest BCUT2D eigenvalue weighted by molar-refractivity contribution is 5.72. The molecule has 1 atom stereocenters. The lowest BCUT2D eigenvalue weighted by molar-refractivity contribution is -0.149. The molecular weight excluding hydrogens is 408 g/mol.